The largest absolute Gasteiger partial charge is 0.381 e. The van der Waals surface area contributed by atoms with E-state index in [0.29, 0.717) is 12.5 Å². The van der Waals surface area contributed by atoms with Gasteiger partial charge in [-0.05, 0) is 41.7 Å². The van der Waals surface area contributed by atoms with Crippen molar-refractivity contribution < 1.29 is 9.47 Å². The second-order valence-corrected chi connectivity index (χ2v) is 7.61. The lowest BCUT2D eigenvalue weighted by Gasteiger charge is -2.15. The molecular formula is C23H30ClN3O2. The van der Waals surface area contributed by atoms with Gasteiger partial charge in [0.1, 0.15) is 0 Å². The molecule has 1 fully saturated rings. The first-order valence-electron chi connectivity index (χ1n) is 10.2. The number of halogens is 1. The zero-order valence-electron chi connectivity index (χ0n) is 17.0. The summed E-state index contributed by atoms with van der Waals surface area (Å²) in [5.74, 6) is 1.36. The maximum Gasteiger partial charge on any atom is 0.191 e. The Hall–Kier alpha value is -2.08. The highest BCUT2D eigenvalue weighted by atomic mass is 35.5. The highest BCUT2D eigenvalue weighted by Crippen LogP contribution is 2.25. The van der Waals surface area contributed by atoms with Gasteiger partial charge in [0.15, 0.2) is 5.96 Å². The zero-order valence-corrected chi connectivity index (χ0v) is 17.8. The summed E-state index contributed by atoms with van der Waals surface area (Å²) in [6.45, 7) is 4.77. The Balaban J connectivity index is 1.42. The fraction of sp³-hybridized carbons (Fsp3) is 0.435. The van der Waals surface area contributed by atoms with Gasteiger partial charge in [0, 0.05) is 44.3 Å². The third kappa shape index (κ3) is 7.03. The van der Waals surface area contributed by atoms with E-state index >= 15 is 0 Å². The first-order valence-corrected chi connectivity index (χ1v) is 10.6. The summed E-state index contributed by atoms with van der Waals surface area (Å²) in [4.78, 5) is 4.32. The highest BCUT2D eigenvalue weighted by Gasteiger charge is 2.15. The second-order valence-electron chi connectivity index (χ2n) is 7.17. The Morgan fingerprint density at radius 3 is 2.76 bits per heavy atom. The summed E-state index contributed by atoms with van der Waals surface area (Å²) in [7, 11) is 1.79. The molecule has 1 saturated heterocycles. The third-order valence-corrected chi connectivity index (χ3v) is 5.23. The number of nitrogens with one attached hydrogen (secondary N) is 2. The summed E-state index contributed by atoms with van der Waals surface area (Å²) >= 11 is 6.02. The molecule has 1 aliphatic rings. The molecule has 0 aliphatic carbocycles. The van der Waals surface area contributed by atoms with Crippen molar-refractivity contribution in [3.63, 3.8) is 0 Å². The van der Waals surface area contributed by atoms with E-state index in [1.165, 1.54) is 11.1 Å². The van der Waals surface area contributed by atoms with Crippen LogP contribution in [-0.4, -0.2) is 46.0 Å². The minimum atomic E-state index is 0.568. The number of benzene rings is 2. The van der Waals surface area contributed by atoms with E-state index in [-0.39, 0.29) is 0 Å². The molecular weight excluding hydrogens is 386 g/mol. The normalized spacial score (nSPS) is 16.8. The number of aliphatic imine (C=N–C) groups is 1. The van der Waals surface area contributed by atoms with Crippen molar-refractivity contribution in [2.45, 2.75) is 19.4 Å². The maximum absolute atomic E-state index is 6.02. The van der Waals surface area contributed by atoms with Gasteiger partial charge in [-0.2, -0.15) is 0 Å². The van der Waals surface area contributed by atoms with Gasteiger partial charge in [0.25, 0.3) is 0 Å². The van der Waals surface area contributed by atoms with E-state index in [9.17, 15) is 0 Å². The monoisotopic (exact) mass is 415 g/mol. The molecule has 0 saturated carbocycles. The Bertz CT molecular complexity index is 774. The average molecular weight is 416 g/mol. The van der Waals surface area contributed by atoms with Crippen LogP contribution in [0.5, 0.6) is 0 Å². The molecule has 5 nitrogen and oxygen atoms in total. The summed E-state index contributed by atoms with van der Waals surface area (Å²) in [5.41, 5.74) is 3.55. The van der Waals surface area contributed by atoms with Gasteiger partial charge >= 0.3 is 0 Å². The summed E-state index contributed by atoms with van der Waals surface area (Å²) in [6, 6.07) is 16.3. The standard InChI is InChI=1S/C23H30ClN3O2/c1-25-23(26-12-4-13-28-16-18-11-14-29-17-18)27-15-20-5-2-3-6-22(20)19-7-9-21(24)10-8-19/h2-3,5-10,18H,4,11-17H2,1H3,(H2,25,26,27). The van der Waals surface area contributed by atoms with E-state index in [1.807, 2.05) is 24.3 Å². The lowest BCUT2D eigenvalue weighted by atomic mass is 10.00. The minimum absolute atomic E-state index is 0.568. The summed E-state index contributed by atoms with van der Waals surface area (Å²) < 4.78 is 11.1. The predicted molar refractivity (Wildman–Crippen MR) is 119 cm³/mol. The minimum Gasteiger partial charge on any atom is -0.381 e. The molecule has 29 heavy (non-hydrogen) atoms. The zero-order chi connectivity index (χ0) is 20.3. The molecule has 0 bridgehead atoms. The van der Waals surface area contributed by atoms with Gasteiger partial charge in [0.05, 0.1) is 13.2 Å². The molecule has 156 valence electrons. The molecule has 2 aromatic carbocycles. The first-order chi connectivity index (χ1) is 14.3. The van der Waals surface area contributed by atoms with Crippen molar-refractivity contribution in [3.05, 3.63) is 59.1 Å². The van der Waals surface area contributed by atoms with Crippen LogP contribution in [0, 0.1) is 5.92 Å². The molecule has 1 unspecified atom stereocenters. The van der Waals surface area contributed by atoms with Crippen LogP contribution in [0.15, 0.2) is 53.5 Å². The fourth-order valence-corrected chi connectivity index (χ4v) is 3.46. The highest BCUT2D eigenvalue weighted by molar-refractivity contribution is 6.30. The smallest absolute Gasteiger partial charge is 0.191 e. The number of hydrogen-bond acceptors (Lipinski definition) is 3. The van der Waals surface area contributed by atoms with E-state index in [4.69, 9.17) is 21.1 Å². The van der Waals surface area contributed by atoms with Gasteiger partial charge in [-0.3, -0.25) is 4.99 Å². The van der Waals surface area contributed by atoms with Crippen molar-refractivity contribution in [2.75, 3.05) is 40.0 Å². The number of rotatable bonds is 9. The molecule has 1 atom stereocenters. The van der Waals surface area contributed by atoms with E-state index in [0.717, 1.165) is 62.4 Å². The van der Waals surface area contributed by atoms with Crippen LogP contribution >= 0.6 is 11.6 Å². The fourth-order valence-electron chi connectivity index (χ4n) is 3.33. The summed E-state index contributed by atoms with van der Waals surface area (Å²) in [5, 5.41) is 7.49. The van der Waals surface area contributed by atoms with Crippen molar-refractivity contribution in [1.29, 1.82) is 0 Å². The van der Waals surface area contributed by atoms with Crippen LogP contribution in [0.3, 0.4) is 0 Å². The lowest BCUT2D eigenvalue weighted by molar-refractivity contribution is 0.0888. The number of ether oxygens (including phenoxy) is 2. The molecule has 2 N–H and O–H groups in total. The maximum atomic E-state index is 6.02. The van der Waals surface area contributed by atoms with Crippen LogP contribution in [0.2, 0.25) is 5.02 Å². The predicted octanol–water partition coefficient (Wildman–Crippen LogP) is 4.12. The van der Waals surface area contributed by atoms with Crippen LogP contribution in [0.25, 0.3) is 11.1 Å². The van der Waals surface area contributed by atoms with E-state index in [2.05, 4.69) is 39.9 Å². The molecule has 0 radical (unpaired) electrons. The van der Waals surface area contributed by atoms with E-state index in [1.54, 1.807) is 7.05 Å². The molecule has 2 aromatic rings. The molecule has 0 aromatic heterocycles. The number of hydrogen-bond donors (Lipinski definition) is 2. The van der Waals surface area contributed by atoms with Crippen LogP contribution in [-0.2, 0) is 16.0 Å². The number of guanidine groups is 1. The quantitative estimate of drug-likeness (QED) is 0.367. The van der Waals surface area contributed by atoms with Gasteiger partial charge in [0.2, 0.25) is 0 Å². The topological polar surface area (TPSA) is 54.9 Å². The third-order valence-electron chi connectivity index (χ3n) is 4.98. The second kappa shape index (κ2) is 11.8. The van der Waals surface area contributed by atoms with Crippen LogP contribution in [0.1, 0.15) is 18.4 Å². The van der Waals surface area contributed by atoms with Crippen molar-refractivity contribution >= 4 is 17.6 Å². The lowest BCUT2D eigenvalue weighted by Crippen LogP contribution is -2.37. The van der Waals surface area contributed by atoms with Gasteiger partial charge in [-0.15, -0.1) is 0 Å². The number of nitrogens with zero attached hydrogens (tertiary/aromatic N) is 1. The molecule has 1 aliphatic heterocycles. The first kappa shape index (κ1) is 21.6. The Labute approximate surface area is 178 Å². The van der Waals surface area contributed by atoms with Crippen molar-refractivity contribution in [1.82, 2.24) is 10.6 Å². The molecule has 0 spiro atoms. The Morgan fingerprint density at radius 2 is 2.00 bits per heavy atom. The molecule has 0 amide bonds. The van der Waals surface area contributed by atoms with E-state index < -0.39 is 0 Å². The SMILES string of the molecule is CN=C(NCCCOCC1CCOC1)NCc1ccccc1-c1ccc(Cl)cc1. The van der Waals surface area contributed by atoms with Crippen molar-refractivity contribution in [2.24, 2.45) is 10.9 Å². The Morgan fingerprint density at radius 1 is 1.17 bits per heavy atom. The van der Waals surface area contributed by atoms with Gasteiger partial charge < -0.3 is 20.1 Å². The van der Waals surface area contributed by atoms with Gasteiger partial charge in [-0.25, -0.2) is 0 Å². The van der Waals surface area contributed by atoms with Gasteiger partial charge in [-0.1, -0.05) is 48.0 Å². The van der Waals surface area contributed by atoms with Crippen molar-refractivity contribution in [3.8, 4) is 11.1 Å². The van der Waals surface area contributed by atoms with Crippen LogP contribution in [0.4, 0.5) is 0 Å². The van der Waals surface area contributed by atoms with Crippen LogP contribution < -0.4 is 10.6 Å². The molecule has 3 rings (SSSR count). The molecule has 6 heteroatoms. The summed E-state index contributed by atoms with van der Waals surface area (Å²) in [6.07, 6.45) is 2.06. The average Bonchev–Trinajstić information content (AvgIpc) is 3.27. The Kier molecular flexibility index (Phi) is 8.81. The molecule has 1 heterocycles.